The van der Waals surface area contributed by atoms with Crippen molar-refractivity contribution in [2.24, 2.45) is 0 Å². The van der Waals surface area contributed by atoms with Crippen molar-refractivity contribution in [2.45, 2.75) is 32.6 Å². The predicted octanol–water partition coefficient (Wildman–Crippen LogP) is 4.02. The van der Waals surface area contributed by atoms with Gasteiger partial charge in [-0.25, -0.2) is 8.42 Å². The van der Waals surface area contributed by atoms with Crippen LogP contribution in [0.15, 0.2) is 39.8 Å². The van der Waals surface area contributed by atoms with E-state index < -0.39 is 15.9 Å². The van der Waals surface area contributed by atoms with E-state index >= 15 is 0 Å². The van der Waals surface area contributed by atoms with Crippen LogP contribution in [-0.4, -0.2) is 19.5 Å². The summed E-state index contributed by atoms with van der Waals surface area (Å²) in [5, 5.41) is 6.29. The molecule has 2 N–H and O–H groups in total. The van der Waals surface area contributed by atoms with Crippen molar-refractivity contribution in [2.75, 3.05) is 10.0 Å². The van der Waals surface area contributed by atoms with E-state index in [-0.39, 0.29) is 15.6 Å². The number of aryl methyl sites for hydroxylation is 4. The molecule has 0 bridgehead atoms. The van der Waals surface area contributed by atoms with Crippen molar-refractivity contribution in [1.82, 2.24) is 5.16 Å². The number of benzene rings is 1. The molecule has 3 aromatic rings. The molecule has 2 aromatic heterocycles. The Labute approximate surface area is 161 Å². The maximum Gasteiger partial charge on any atom is 0.267 e. The molecule has 2 heterocycles. The SMILES string of the molecule is Cc1ccc(C)c(NS(=O)(=O)c2cc(C(=O)Nc3cc(C)on3)sc2C)c1. The standard InChI is InChI=1S/C18H19N3O4S2/c1-10-5-6-11(2)14(7-10)21-27(23,24)16-9-15(26-13(16)4)18(22)19-17-8-12(3)25-20-17/h5-9,21H,1-4H3,(H,19,20,22). The Morgan fingerprint density at radius 3 is 2.52 bits per heavy atom. The van der Waals surface area contributed by atoms with Gasteiger partial charge in [0.15, 0.2) is 5.82 Å². The van der Waals surface area contributed by atoms with E-state index in [1.807, 2.05) is 26.0 Å². The molecule has 142 valence electrons. The van der Waals surface area contributed by atoms with E-state index in [2.05, 4.69) is 15.2 Å². The van der Waals surface area contributed by atoms with Gasteiger partial charge in [0, 0.05) is 10.9 Å². The number of thiophene rings is 1. The van der Waals surface area contributed by atoms with Crippen molar-refractivity contribution < 1.29 is 17.7 Å². The van der Waals surface area contributed by atoms with Crippen molar-refractivity contribution >= 4 is 38.8 Å². The number of hydrogen-bond donors (Lipinski definition) is 2. The molecule has 0 spiro atoms. The lowest BCUT2D eigenvalue weighted by atomic mass is 10.1. The lowest BCUT2D eigenvalue weighted by Gasteiger charge is -2.11. The first-order valence-corrected chi connectivity index (χ1v) is 10.4. The second kappa shape index (κ2) is 7.16. The Morgan fingerprint density at radius 1 is 1.11 bits per heavy atom. The highest BCUT2D eigenvalue weighted by atomic mass is 32.2. The number of sulfonamides is 1. The van der Waals surface area contributed by atoms with Crippen LogP contribution in [0.25, 0.3) is 0 Å². The Balaban J connectivity index is 1.86. The van der Waals surface area contributed by atoms with Crippen LogP contribution in [0.2, 0.25) is 0 Å². The molecule has 1 amide bonds. The molecule has 0 saturated heterocycles. The lowest BCUT2D eigenvalue weighted by molar-refractivity contribution is 0.102. The summed E-state index contributed by atoms with van der Waals surface area (Å²) in [5.41, 5.74) is 2.28. The van der Waals surface area contributed by atoms with Gasteiger partial charge in [0.2, 0.25) is 0 Å². The molecule has 0 aliphatic rings. The Bertz CT molecular complexity index is 1110. The number of carbonyl (C=O) groups is 1. The summed E-state index contributed by atoms with van der Waals surface area (Å²) >= 11 is 1.10. The molecular formula is C18H19N3O4S2. The number of anilines is 2. The Morgan fingerprint density at radius 2 is 1.85 bits per heavy atom. The molecule has 0 radical (unpaired) electrons. The molecule has 0 aliphatic carbocycles. The van der Waals surface area contributed by atoms with Crippen LogP contribution in [0, 0.1) is 27.7 Å². The predicted molar refractivity (Wildman–Crippen MR) is 105 cm³/mol. The minimum Gasteiger partial charge on any atom is -0.360 e. The zero-order valence-electron chi connectivity index (χ0n) is 15.3. The zero-order valence-corrected chi connectivity index (χ0v) is 16.9. The molecule has 9 heteroatoms. The summed E-state index contributed by atoms with van der Waals surface area (Å²) in [6.45, 7) is 7.10. The number of nitrogens with one attached hydrogen (secondary N) is 2. The smallest absolute Gasteiger partial charge is 0.267 e. The summed E-state index contributed by atoms with van der Waals surface area (Å²) in [6.07, 6.45) is 0. The summed E-state index contributed by atoms with van der Waals surface area (Å²) in [7, 11) is -3.82. The van der Waals surface area contributed by atoms with Gasteiger partial charge in [-0.2, -0.15) is 0 Å². The molecular weight excluding hydrogens is 386 g/mol. The molecule has 0 saturated carbocycles. The fourth-order valence-electron chi connectivity index (χ4n) is 2.49. The van der Waals surface area contributed by atoms with Gasteiger partial charge in [-0.15, -0.1) is 11.3 Å². The van der Waals surface area contributed by atoms with Gasteiger partial charge in [0.25, 0.3) is 15.9 Å². The number of amides is 1. The second-order valence-electron chi connectivity index (χ2n) is 6.23. The van der Waals surface area contributed by atoms with E-state index in [0.29, 0.717) is 16.3 Å². The molecule has 0 fully saturated rings. The monoisotopic (exact) mass is 405 g/mol. The average molecular weight is 406 g/mol. The second-order valence-corrected chi connectivity index (χ2v) is 9.14. The van der Waals surface area contributed by atoms with Gasteiger partial charge in [-0.1, -0.05) is 17.3 Å². The fourth-order valence-corrected chi connectivity index (χ4v) is 5.10. The summed E-state index contributed by atoms with van der Waals surface area (Å²) in [4.78, 5) is 13.2. The van der Waals surface area contributed by atoms with Crippen LogP contribution < -0.4 is 10.0 Å². The van der Waals surface area contributed by atoms with E-state index in [4.69, 9.17) is 4.52 Å². The molecule has 3 rings (SSSR count). The minimum absolute atomic E-state index is 0.0786. The van der Waals surface area contributed by atoms with Crippen LogP contribution in [0.3, 0.4) is 0 Å². The van der Waals surface area contributed by atoms with Crippen LogP contribution in [0.4, 0.5) is 11.5 Å². The van der Waals surface area contributed by atoms with Gasteiger partial charge in [-0.05, 0) is 51.0 Å². The summed E-state index contributed by atoms with van der Waals surface area (Å²) < 4.78 is 33.2. The third-order valence-electron chi connectivity index (χ3n) is 3.89. The maximum absolute atomic E-state index is 12.8. The highest BCUT2D eigenvalue weighted by Crippen LogP contribution is 2.29. The van der Waals surface area contributed by atoms with Crippen LogP contribution in [0.5, 0.6) is 0 Å². The van der Waals surface area contributed by atoms with E-state index in [9.17, 15) is 13.2 Å². The van der Waals surface area contributed by atoms with Crippen molar-refractivity contribution in [3.63, 3.8) is 0 Å². The number of rotatable bonds is 5. The van der Waals surface area contributed by atoms with Crippen molar-refractivity contribution in [3.05, 3.63) is 57.0 Å². The molecule has 0 atom stereocenters. The fraction of sp³-hybridized carbons (Fsp3) is 0.222. The average Bonchev–Trinajstić information content (AvgIpc) is 3.17. The quantitative estimate of drug-likeness (QED) is 0.667. The molecule has 0 unspecified atom stereocenters. The van der Waals surface area contributed by atoms with E-state index in [1.54, 1.807) is 26.0 Å². The minimum atomic E-state index is -3.82. The molecule has 0 aliphatic heterocycles. The molecule has 1 aromatic carbocycles. The highest BCUT2D eigenvalue weighted by Gasteiger charge is 2.23. The molecule has 27 heavy (non-hydrogen) atoms. The van der Waals surface area contributed by atoms with Crippen LogP contribution in [-0.2, 0) is 10.0 Å². The Kier molecular flexibility index (Phi) is 5.07. The van der Waals surface area contributed by atoms with Gasteiger partial charge in [0.05, 0.1) is 10.6 Å². The van der Waals surface area contributed by atoms with Gasteiger partial charge < -0.3 is 9.84 Å². The first kappa shape index (κ1) is 19.1. The van der Waals surface area contributed by atoms with Gasteiger partial charge in [0.1, 0.15) is 10.7 Å². The van der Waals surface area contributed by atoms with E-state index in [0.717, 1.165) is 22.5 Å². The third kappa shape index (κ3) is 4.20. The topological polar surface area (TPSA) is 101 Å². The highest BCUT2D eigenvalue weighted by molar-refractivity contribution is 7.93. The summed E-state index contributed by atoms with van der Waals surface area (Å²) in [6, 6.07) is 8.49. The van der Waals surface area contributed by atoms with Crippen molar-refractivity contribution in [3.8, 4) is 0 Å². The molecule has 7 nitrogen and oxygen atoms in total. The van der Waals surface area contributed by atoms with Gasteiger partial charge >= 0.3 is 0 Å². The number of hydrogen-bond acceptors (Lipinski definition) is 6. The first-order chi connectivity index (χ1) is 12.7. The normalized spacial score (nSPS) is 11.4. The van der Waals surface area contributed by atoms with Crippen molar-refractivity contribution in [1.29, 1.82) is 0 Å². The Hall–Kier alpha value is -2.65. The lowest BCUT2D eigenvalue weighted by Crippen LogP contribution is -2.14. The zero-order chi connectivity index (χ0) is 19.8. The maximum atomic E-state index is 12.8. The number of carbonyl (C=O) groups excluding carboxylic acids is 1. The third-order valence-corrected chi connectivity index (χ3v) is 6.56. The largest absolute Gasteiger partial charge is 0.360 e. The van der Waals surface area contributed by atoms with Gasteiger partial charge in [-0.3, -0.25) is 9.52 Å². The number of aromatic nitrogens is 1. The van der Waals surface area contributed by atoms with E-state index in [1.165, 1.54) is 6.07 Å². The van der Waals surface area contributed by atoms with Crippen LogP contribution in [0.1, 0.15) is 31.4 Å². The number of nitrogens with zero attached hydrogens (tertiary/aromatic N) is 1. The first-order valence-electron chi connectivity index (χ1n) is 8.11. The van der Waals surface area contributed by atoms with Crippen LogP contribution >= 0.6 is 11.3 Å². The summed E-state index contributed by atoms with van der Waals surface area (Å²) in [5.74, 6) is 0.403.